The van der Waals surface area contributed by atoms with Gasteiger partial charge in [-0.25, -0.2) is 4.39 Å². The Morgan fingerprint density at radius 3 is 2.48 bits per heavy atom. The summed E-state index contributed by atoms with van der Waals surface area (Å²) in [5.41, 5.74) is -0.393. The Morgan fingerprint density at radius 1 is 1.22 bits per heavy atom. The van der Waals surface area contributed by atoms with Crippen molar-refractivity contribution in [3.8, 4) is 0 Å². The molecule has 0 aliphatic rings. The van der Waals surface area contributed by atoms with E-state index in [2.05, 4.69) is 0 Å². The second-order valence-corrected chi connectivity index (χ2v) is 4.77. The number of esters is 2. The van der Waals surface area contributed by atoms with Crippen LogP contribution in [0.3, 0.4) is 0 Å². The Morgan fingerprint density at radius 2 is 1.87 bits per heavy atom. The van der Waals surface area contributed by atoms with E-state index in [-0.39, 0.29) is 24.1 Å². The van der Waals surface area contributed by atoms with Crippen molar-refractivity contribution < 1.29 is 28.4 Å². The van der Waals surface area contributed by atoms with Gasteiger partial charge in [0.1, 0.15) is 12.4 Å². The number of nitrogens with zero attached hydrogens (tertiary/aromatic N) is 1. The first kappa shape index (κ1) is 18.5. The Hall–Kier alpha value is -2.51. The standard InChI is InChI=1S/C15H18FNO6/c1-2-3-8-22-14(18)6-7-15(19)23-10-11-9-12(17(20)21)4-5-13(11)16/h4-5,9H,2-3,6-8,10H2,1H3. The number of benzene rings is 1. The Labute approximate surface area is 132 Å². The van der Waals surface area contributed by atoms with Crippen molar-refractivity contribution in [2.45, 2.75) is 39.2 Å². The monoisotopic (exact) mass is 327 g/mol. The van der Waals surface area contributed by atoms with Gasteiger partial charge in [0.2, 0.25) is 0 Å². The van der Waals surface area contributed by atoms with Crippen LogP contribution in [0.15, 0.2) is 18.2 Å². The highest BCUT2D eigenvalue weighted by molar-refractivity contribution is 5.77. The SMILES string of the molecule is CCCCOC(=O)CCC(=O)OCc1cc([N+](=O)[O-])ccc1F. The molecule has 0 N–H and O–H groups in total. The maximum atomic E-state index is 13.5. The molecule has 0 aliphatic heterocycles. The van der Waals surface area contributed by atoms with E-state index in [9.17, 15) is 24.1 Å². The van der Waals surface area contributed by atoms with E-state index in [0.717, 1.165) is 31.0 Å². The number of nitro benzene ring substituents is 1. The molecule has 0 bridgehead atoms. The summed E-state index contributed by atoms with van der Waals surface area (Å²) in [6, 6.07) is 2.96. The number of ether oxygens (including phenoxy) is 2. The van der Waals surface area contributed by atoms with Gasteiger partial charge in [0, 0.05) is 17.7 Å². The first-order valence-corrected chi connectivity index (χ1v) is 7.18. The number of carbonyl (C=O) groups is 2. The van der Waals surface area contributed by atoms with Gasteiger partial charge in [0.25, 0.3) is 5.69 Å². The average molecular weight is 327 g/mol. The van der Waals surface area contributed by atoms with Crippen LogP contribution in [0.25, 0.3) is 0 Å². The van der Waals surface area contributed by atoms with Crippen LogP contribution in [0.5, 0.6) is 0 Å². The molecule has 7 nitrogen and oxygen atoms in total. The maximum absolute atomic E-state index is 13.5. The lowest BCUT2D eigenvalue weighted by Gasteiger charge is -2.06. The highest BCUT2D eigenvalue weighted by Crippen LogP contribution is 2.17. The van der Waals surface area contributed by atoms with Crippen LogP contribution in [0.2, 0.25) is 0 Å². The van der Waals surface area contributed by atoms with Crippen LogP contribution in [0.4, 0.5) is 10.1 Å². The van der Waals surface area contributed by atoms with Crippen molar-refractivity contribution in [1.82, 2.24) is 0 Å². The molecule has 0 spiro atoms. The Bertz CT molecular complexity index is 575. The molecule has 0 atom stereocenters. The van der Waals surface area contributed by atoms with Crippen LogP contribution in [0, 0.1) is 15.9 Å². The fourth-order valence-electron chi connectivity index (χ4n) is 1.62. The van der Waals surface area contributed by atoms with Crippen molar-refractivity contribution >= 4 is 17.6 Å². The fraction of sp³-hybridized carbons (Fsp3) is 0.467. The summed E-state index contributed by atoms with van der Waals surface area (Å²) in [7, 11) is 0. The third kappa shape index (κ3) is 6.86. The quantitative estimate of drug-likeness (QED) is 0.299. The molecular formula is C15H18FNO6. The molecule has 1 rings (SSSR count). The van der Waals surface area contributed by atoms with E-state index < -0.39 is 29.3 Å². The summed E-state index contributed by atoms with van der Waals surface area (Å²) < 4.78 is 23.2. The lowest BCUT2D eigenvalue weighted by Crippen LogP contribution is -2.11. The number of non-ortho nitro benzene ring substituents is 1. The van der Waals surface area contributed by atoms with Gasteiger partial charge >= 0.3 is 11.9 Å². The van der Waals surface area contributed by atoms with Crippen LogP contribution in [0.1, 0.15) is 38.2 Å². The molecule has 1 aromatic carbocycles. The van der Waals surface area contributed by atoms with Crippen LogP contribution >= 0.6 is 0 Å². The number of carbonyl (C=O) groups excluding carboxylic acids is 2. The highest BCUT2D eigenvalue weighted by atomic mass is 19.1. The minimum absolute atomic E-state index is 0.0990. The number of hydrogen-bond acceptors (Lipinski definition) is 6. The maximum Gasteiger partial charge on any atom is 0.306 e. The zero-order chi connectivity index (χ0) is 17.2. The molecular weight excluding hydrogens is 309 g/mol. The number of hydrogen-bond donors (Lipinski definition) is 0. The van der Waals surface area contributed by atoms with Gasteiger partial charge < -0.3 is 9.47 Å². The zero-order valence-corrected chi connectivity index (χ0v) is 12.7. The van der Waals surface area contributed by atoms with Gasteiger partial charge in [-0.1, -0.05) is 13.3 Å². The molecule has 8 heteroatoms. The molecule has 23 heavy (non-hydrogen) atoms. The predicted octanol–water partition coefficient (Wildman–Crippen LogP) is 2.90. The molecule has 0 saturated heterocycles. The third-order valence-electron chi connectivity index (χ3n) is 2.92. The first-order valence-electron chi connectivity index (χ1n) is 7.18. The lowest BCUT2D eigenvalue weighted by atomic mass is 10.2. The molecule has 0 aromatic heterocycles. The van der Waals surface area contributed by atoms with E-state index >= 15 is 0 Å². The van der Waals surface area contributed by atoms with Crippen LogP contribution < -0.4 is 0 Å². The van der Waals surface area contributed by atoms with Crippen LogP contribution in [-0.2, 0) is 25.7 Å². The predicted molar refractivity (Wildman–Crippen MR) is 78.0 cm³/mol. The van der Waals surface area contributed by atoms with Gasteiger partial charge in [-0.2, -0.15) is 0 Å². The Kier molecular flexibility index (Phi) is 7.65. The van der Waals surface area contributed by atoms with Gasteiger partial charge in [0.15, 0.2) is 0 Å². The summed E-state index contributed by atoms with van der Waals surface area (Å²) >= 11 is 0. The summed E-state index contributed by atoms with van der Waals surface area (Å²) in [5.74, 6) is -1.91. The van der Waals surface area contributed by atoms with Crippen molar-refractivity contribution in [3.63, 3.8) is 0 Å². The summed E-state index contributed by atoms with van der Waals surface area (Å²) in [6.07, 6.45) is 1.33. The second-order valence-electron chi connectivity index (χ2n) is 4.77. The largest absolute Gasteiger partial charge is 0.466 e. The molecule has 0 aliphatic carbocycles. The average Bonchev–Trinajstić information content (AvgIpc) is 2.52. The van der Waals surface area contributed by atoms with E-state index in [1.54, 1.807) is 0 Å². The summed E-state index contributed by atoms with van der Waals surface area (Å²) in [4.78, 5) is 32.7. The number of halogens is 1. The Balaban J connectivity index is 2.40. The van der Waals surface area contributed by atoms with Gasteiger partial charge in [-0.05, 0) is 12.5 Å². The first-order chi connectivity index (χ1) is 10.9. The summed E-state index contributed by atoms with van der Waals surface area (Å²) in [5, 5.41) is 10.6. The lowest BCUT2D eigenvalue weighted by molar-refractivity contribution is -0.385. The molecule has 0 heterocycles. The molecule has 126 valence electrons. The number of rotatable bonds is 9. The van der Waals surface area contributed by atoms with E-state index in [0.29, 0.717) is 6.61 Å². The third-order valence-corrected chi connectivity index (χ3v) is 2.92. The highest BCUT2D eigenvalue weighted by Gasteiger charge is 2.14. The molecule has 0 fully saturated rings. The van der Waals surface area contributed by atoms with Crippen molar-refractivity contribution in [1.29, 1.82) is 0 Å². The smallest absolute Gasteiger partial charge is 0.306 e. The second kappa shape index (κ2) is 9.50. The minimum Gasteiger partial charge on any atom is -0.466 e. The van der Waals surface area contributed by atoms with E-state index in [1.807, 2.05) is 6.92 Å². The van der Waals surface area contributed by atoms with Gasteiger partial charge in [0.05, 0.1) is 24.4 Å². The molecule has 0 amide bonds. The number of nitro groups is 1. The van der Waals surface area contributed by atoms with Crippen molar-refractivity contribution in [3.05, 3.63) is 39.7 Å². The molecule has 0 saturated carbocycles. The van der Waals surface area contributed by atoms with Crippen LogP contribution in [-0.4, -0.2) is 23.5 Å². The molecule has 0 unspecified atom stereocenters. The normalized spacial score (nSPS) is 10.2. The number of unbranched alkanes of at least 4 members (excludes halogenated alkanes) is 1. The molecule has 0 radical (unpaired) electrons. The van der Waals surface area contributed by atoms with Gasteiger partial charge in [-0.15, -0.1) is 0 Å². The van der Waals surface area contributed by atoms with Crippen molar-refractivity contribution in [2.75, 3.05) is 6.61 Å². The fourth-order valence-corrected chi connectivity index (χ4v) is 1.62. The van der Waals surface area contributed by atoms with Crippen molar-refractivity contribution in [2.24, 2.45) is 0 Å². The zero-order valence-electron chi connectivity index (χ0n) is 12.7. The topological polar surface area (TPSA) is 95.7 Å². The minimum atomic E-state index is -0.706. The summed E-state index contributed by atoms with van der Waals surface area (Å²) in [6.45, 7) is 1.83. The van der Waals surface area contributed by atoms with Gasteiger partial charge in [-0.3, -0.25) is 19.7 Å². The van der Waals surface area contributed by atoms with E-state index in [4.69, 9.17) is 9.47 Å². The molecule has 1 aromatic rings. The van der Waals surface area contributed by atoms with E-state index in [1.165, 1.54) is 0 Å².